The van der Waals surface area contributed by atoms with Crippen LogP contribution in [0.15, 0.2) is 17.1 Å². The number of hydrogen-bond donors (Lipinski definition) is 1. The summed E-state index contributed by atoms with van der Waals surface area (Å²) in [6.07, 6.45) is -4.93. The van der Waals surface area contributed by atoms with Gasteiger partial charge in [0.25, 0.3) is 4.33 Å². The Bertz CT molecular complexity index is 257. The van der Waals surface area contributed by atoms with Crippen molar-refractivity contribution in [2.75, 3.05) is 0 Å². The maximum Gasteiger partial charge on any atom is 0.429 e. The molecule has 13 heavy (non-hydrogen) atoms. The predicted molar refractivity (Wildman–Crippen MR) is 45.0 cm³/mol. The van der Waals surface area contributed by atoms with Crippen LogP contribution in [0.3, 0.4) is 0 Å². The molecule has 0 aliphatic heterocycles. The number of rotatable bonds is 1. The van der Waals surface area contributed by atoms with Gasteiger partial charge in [-0.3, -0.25) is 0 Å². The van der Waals surface area contributed by atoms with E-state index in [1.54, 1.807) is 0 Å². The van der Waals surface area contributed by atoms with Crippen molar-refractivity contribution in [3.63, 3.8) is 0 Å². The van der Waals surface area contributed by atoms with Crippen molar-refractivity contribution < 1.29 is 18.3 Å². The second-order valence-electron chi connectivity index (χ2n) is 2.55. The Kier molecular flexibility index (Phi) is 3.73. The van der Waals surface area contributed by atoms with Gasteiger partial charge in [0.2, 0.25) is 0 Å². The first-order chi connectivity index (χ1) is 5.59. The molecule has 0 unspecified atom stereocenters. The van der Waals surface area contributed by atoms with Crippen molar-refractivity contribution in [3.05, 3.63) is 17.1 Å². The van der Waals surface area contributed by atoms with E-state index in [4.69, 9.17) is 28.3 Å². The van der Waals surface area contributed by atoms with Gasteiger partial charge in [-0.05, 0) is 19.4 Å². The van der Waals surface area contributed by atoms with E-state index in [0.29, 0.717) is 5.57 Å². The molecule has 0 aromatic carbocycles. The van der Waals surface area contributed by atoms with Gasteiger partial charge in [-0.15, -0.1) is 0 Å². The Balaban J connectivity index is 5.21. The standard InChI is InChI=1S/C7H7Cl2F3O/c1-4(2)3-5(13)6(8,9)7(10,11)12/h13H,1-2H3. The average Bonchev–Trinajstić information content (AvgIpc) is 1.82. The molecule has 0 fully saturated rings. The molecule has 0 bridgehead atoms. The molecule has 0 aromatic heterocycles. The summed E-state index contributed by atoms with van der Waals surface area (Å²) in [7, 11) is 0. The van der Waals surface area contributed by atoms with Gasteiger partial charge in [-0.2, -0.15) is 13.2 Å². The summed E-state index contributed by atoms with van der Waals surface area (Å²) in [6, 6.07) is 0. The number of hydrogen-bond acceptors (Lipinski definition) is 1. The summed E-state index contributed by atoms with van der Waals surface area (Å²) in [6.45, 7) is 2.91. The van der Waals surface area contributed by atoms with Crippen molar-refractivity contribution in [2.45, 2.75) is 24.4 Å². The highest BCUT2D eigenvalue weighted by Crippen LogP contribution is 2.43. The first-order valence-corrected chi connectivity index (χ1v) is 3.92. The SMILES string of the molecule is CC(C)=C=C(O)C(Cl)(Cl)C(F)(F)F. The second kappa shape index (κ2) is 3.82. The van der Waals surface area contributed by atoms with Crippen molar-refractivity contribution in [3.8, 4) is 0 Å². The topological polar surface area (TPSA) is 20.2 Å². The largest absolute Gasteiger partial charge is 0.502 e. The van der Waals surface area contributed by atoms with Crippen LogP contribution in [0.1, 0.15) is 13.8 Å². The van der Waals surface area contributed by atoms with Gasteiger partial charge in [-0.25, -0.2) is 0 Å². The van der Waals surface area contributed by atoms with Crippen LogP contribution in [-0.4, -0.2) is 15.6 Å². The molecular weight excluding hydrogens is 228 g/mol. The summed E-state index contributed by atoms with van der Waals surface area (Å²) >= 11 is 9.77. The van der Waals surface area contributed by atoms with E-state index < -0.39 is 16.3 Å². The molecule has 1 N–H and O–H groups in total. The Morgan fingerprint density at radius 3 is 1.85 bits per heavy atom. The smallest absolute Gasteiger partial charge is 0.429 e. The molecule has 0 saturated heterocycles. The van der Waals surface area contributed by atoms with Gasteiger partial charge >= 0.3 is 6.18 Å². The number of aliphatic hydroxyl groups is 1. The molecule has 1 nitrogen and oxygen atoms in total. The third-order valence-corrected chi connectivity index (χ3v) is 1.81. The lowest BCUT2D eigenvalue weighted by Gasteiger charge is -2.20. The van der Waals surface area contributed by atoms with Crippen LogP contribution in [0.4, 0.5) is 13.2 Å². The maximum absolute atomic E-state index is 12.0. The molecule has 0 radical (unpaired) electrons. The summed E-state index contributed by atoms with van der Waals surface area (Å²) < 4.78 is 32.8. The highest BCUT2D eigenvalue weighted by Gasteiger charge is 2.56. The minimum atomic E-state index is -4.93. The molecule has 0 amide bonds. The fraction of sp³-hybridized carbons (Fsp3) is 0.571. The lowest BCUT2D eigenvalue weighted by molar-refractivity contribution is -0.139. The molecule has 0 heterocycles. The van der Waals surface area contributed by atoms with Gasteiger partial charge in [0.05, 0.1) is 0 Å². The molecule has 0 spiro atoms. The Labute approximate surface area is 83.4 Å². The molecule has 0 saturated carbocycles. The van der Waals surface area contributed by atoms with E-state index in [0.717, 1.165) is 0 Å². The van der Waals surface area contributed by atoms with Gasteiger partial charge in [0.15, 0.2) is 5.76 Å². The Hall–Kier alpha value is -0.310. The summed E-state index contributed by atoms with van der Waals surface area (Å²) in [5.74, 6) is -1.25. The van der Waals surface area contributed by atoms with E-state index in [1.165, 1.54) is 13.8 Å². The number of halogens is 5. The maximum atomic E-state index is 12.0. The van der Waals surface area contributed by atoms with Crippen molar-refractivity contribution in [1.29, 1.82) is 0 Å². The fourth-order valence-electron chi connectivity index (χ4n) is 0.450. The summed E-state index contributed by atoms with van der Waals surface area (Å²) in [5, 5.41) is 8.88. The third kappa shape index (κ3) is 3.14. The van der Waals surface area contributed by atoms with Gasteiger partial charge in [-0.1, -0.05) is 28.9 Å². The Morgan fingerprint density at radius 1 is 1.23 bits per heavy atom. The Morgan fingerprint density at radius 2 is 1.62 bits per heavy atom. The van der Waals surface area contributed by atoms with Crippen LogP contribution >= 0.6 is 23.2 Å². The van der Waals surface area contributed by atoms with Gasteiger partial charge in [0, 0.05) is 0 Å². The minimum Gasteiger partial charge on any atom is -0.502 e. The highest BCUT2D eigenvalue weighted by molar-refractivity contribution is 6.50. The quantitative estimate of drug-likeness (QED) is 0.417. The van der Waals surface area contributed by atoms with Crippen molar-refractivity contribution >= 4 is 23.2 Å². The fourth-order valence-corrected chi connectivity index (χ4v) is 0.544. The normalized spacial score (nSPS) is 12.2. The van der Waals surface area contributed by atoms with E-state index in [-0.39, 0.29) is 0 Å². The molecule has 0 aliphatic carbocycles. The van der Waals surface area contributed by atoms with Crippen LogP contribution in [0.25, 0.3) is 0 Å². The minimum absolute atomic E-state index is 0.340. The van der Waals surface area contributed by atoms with E-state index in [2.05, 4.69) is 0 Å². The highest BCUT2D eigenvalue weighted by atomic mass is 35.5. The van der Waals surface area contributed by atoms with E-state index >= 15 is 0 Å². The second-order valence-corrected chi connectivity index (χ2v) is 3.87. The zero-order valence-electron chi connectivity index (χ0n) is 6.84. The molecule has 0 aromatic rings. The first kappa shape index (κ1) is 12.7. The third-order valence-electron chi connectivity index (χ3n) is 1.02. The van der Waals surface area contributed by atoms with Crippen LogP contribution in [0.2, 0.25) is 0 Å². The van der Waals surface area contributed by atoms with Crippen LogP contribution in [0.5, 0.6) is 0 Å². The average molecular weight is 235 g/mol. The van der Waals surface area contributed by atoms with E-state index in [1.807, 2.05) is 5.73 Å². The van der Waals surface area contributed by atoms with Crippen molar-refractivity contribution in [2.24, 2.45) is 0 Å². The lowest BCUT2D eigenvalue weighted by atomic mass is 10.3. The molecule has 6 heteroatoms. The monoisotopic (exact) mass is 234 g/mol. The zero-order valence-corrected chi connectivity index (χ0v) is 8.35. The molecule has 0 rings (SSSR count). The molecular formula is C7H7Cl2F3O. The predicted octanol–water partition coefficient (Wildman–Crippen LogP) is 3.73. The summed E-state index contributed by atoms with van der Waals surface area (Å²) in [4.78, 5) is 0. The molecule has 0 aliphatic rings. The van der Waals surface area contributed by atoms with Crippen LogP contribution < -0.4 is 0 Å². The van der Waals surface area contributed by atoms with Gasteiger partial charge in [0.1, 0.15) is 0 Å². The lowest BCUT2D eigenvalue weighted by Crippen LogP contribution is -2.35. The van der Waals surface area contributed by atoms with E-state index in [9.17, 15) is 13.2 Å². The zero-order chi connectivity index (χ0) is 10.9. The first-order valence-electron chi connectivity index (χ1n) is 3.17. The number of alkyl halides is 5. The van der Waals surface area contributed by atoms with Crippen LogP contribution in [-0.2, 0) is 0 Å². The molecule has 0 atom stereocenters. The number of aliphatic hydroxyl groups excluding tert-OH is 1. The summed E-state index contributed by atoms with van der Waals surface area (Å²) in [5.41, 5.74) is 2.33. The van der Waals surface area contributed by atoms with Crippen molar-refractivity contribution in [1.82, 2.24) is 0 Å². The number of allylic oxidation sites excluding steroid dienone is 1. The van der Waals surface area contributed by atoms with Crippen LogP contribution in [0, 0.1) is 0 Å². The molecule has 76 valence electrons. The van der Waals surface area contributed by atoms with Gasteiger partial charge < -0.3 is 5.11 Å².